The maximum absolute atomic E-state index is 5.54. The van der Waals surface area contributed by atoms with Gasteiger partial charge in [0, 0.05) is 17.7 Å². The number of hydrogen-bond acceptors (Lipinski definition) is 3. The van der Waals surface area contributed by atoms with Crippen LogP contribution in [0.5, 0.6) is 0 Å². The molecule has 0 saturated carbocycles. The Morgan fingerprint density at radius 1 is 1.47 bits per heavy atom. The first-order chi connectivity index (χ1) is 7.77. The maximum Gasteiger partial charge on any atom is 0.144 e. The molecule has 0 bridgehead atoms. The van der Waals surface area contributed by atoms with E-state index in [1.165, 1.54) is 0 Å². The normalized spacial score (nSPS) is 13.8. The second-order valence-electron chi connectivity index (χ2n) is 4.96. The number of ether oxygens (including phenoxy) is 1. The molecule has 1 N–H and O–H groups in total. The Kier molecular flexibility index (Phi) is 4.86. The van der Waals surface area contributed by atoms with Gasteiger partial charge in [-0.25, -0.2) is 4.98 Å². The number of aromatic nitrogens is 2. The minimum Gasteiger partial charge on any atom is -0.371 e. The van der Waals surface area contributed by atoms with Crippen LogP contribution in [0, 0.1) is 4.64 Å². The van der Waals surface area contributed by atoms with Gasteiger partial charge in [-0.3, -0.25) is 0 Å². The van der Waals surface area contributed by atoms with Crippen LogP contribution in [-0.2, 0) is 10.2 Å². The molecule has 1 unspecified atom stereocenters. The van der Waals surface area contributed by atoms with Crippen LogP contribution in [0.3, 0.4) is 0 Å². The fraction of sp³-hybridized carbons (Fsp3) is 0.667. The second kappa shape index (κ2) is 5.59. The average Bonchev–Trinajstić information content (AvgIpc) is 2.20. The van der Waals surface area contributed by atoms with Gasteiger partial charge in [0.15, 0.2) is 0 Å². The van der Waals surface area contributed by atoms with Gasteiger partial charge in [0.1, 0.15) is 16.6 Å². The number of nitrogens with one attached hydrogen (secondary N) is 1. The molecule has 0 spiro atoms. The molecule has 1 aromatic rings. The van der Waals surface area contributed by atoms with Crippen molar-refractivity contribution in [3.63, 3.8) is 0 Å². The van der Waals surface area contributed by atoms with E-state index in [-0.39, 0.29) is 11.5 Å². The highest BCUT2D eigenvalue weighted by atomic mass is 79.9. The third-order valence-corrected chi connectivity index (χ3v) is 3.76. The van der Waals surface area contributed by atoms with Crippen LogP contribution in [0.2, 0.25) is 0 Å². The quantitative estimate of drug-likeness (QED) is 0.844. The van der Waals surface area contributed by atoms with Crippen LogP contribution in [-0.4, -0.2) is 16.6 Å². The third-order valence-electron chi connectivity index (χ3n) is 2.43. The Morgan fingerprint density at radius 2 is 2.06 bits per heavy atom. The van der Waals surface area contributed by atoms with E-state index in [4.69, 9.17) is 17.0 Å². The Morgan fingerprint density at radius 3 is 2.53 bits per heavy atom. The van der Waals surface area contributed by atoms with Crippen LogP contribution in [0.4, 0.5) is 0 Å². The number of aromatic amines is 1. The summed E-state index contributed by atoms with van der Waals surface area (Å²) in [6.07, 6.45) is -0.0732. The lowest BCUT2D eigenvalue weighted by Crippen LogP contribution is -2.18. The predicted octanol–water partition coefficient (Wildman–Crippen LogP) is 4.30. The average molecular weight is 319 g/mol. The van der Waals surface area contributed by atoms with Crippen molar-refractivity contribution in [1.82, 2.24) is 9.97 Å². The SMILES string of the molecule is CCOC(C)c1nc(=S)c(Br)c(C(C)(C)C)[nH]1. The van der Waals surface area contributed by atoms with Crippen molar-refractivity contribution in [3.8, 4) is 0 Å². The molecule has 1 heterocycles. The highest BCUT2D eigenvalue weighted by molar-refractivity contribution is 9.10. The van der Waals surface area contributed by atoms with Crippen molar-refractivity contribution in [2.24, 2.45) is 0 Å². The van der Waals surface area contributed by atoms with E-state index < -0.39 is 0 Å². The maximum atomic E-state index is 5.54. The van der Waals surface area contributed by atoms with Crippen LogP contribution < -0.4 is 0 Å². The van der Waals surface area contributed by atoms with Gasteiger partial charge in [-0.15, -0.1) is 0 Å². The molecule has 17 heavy (non-hydrogen) atoms. The second-order valence-corrected chi connectivity index (χ2v) is 6.14. The van der Waals surface area contributed by atoms with E-state index in [1.807, 2.05) is 13.8 Å². The van der Waals surface area contributed by atoms with Crippen molar-refractivity contribution < 1.29 is 4.74 Å². The van der Waals surface area contributed by atoms with E-state index in [9.17, 15) is 0 Å². The summed E-state index contributed by atoms with van der Waals surface area (Å²) in [6.45, 7) is 11.0. The molecule has 1 aromatic heterocycles. The summed E-state index contributed by atoms with van der Waals surface area (Å²) in [7, 11) is 0. The standard InChI is InChI=1S/C12H19BrN2OS/c1-6-16-7(2)10-14-9(12(3,4)5)8(13)11(17)15-10/h7H,6H2,1-5H3,(H,14,15,17). The zero-order valence-corrected chi connectivity index (χ0v) is 13.3. The minimum atomic E-state index is -0.0732. The van der Waals surface area contributed by atoms with Crippen molar-refractivity contribution in [2.75, 3.05) is 6.61 Å². The summed E-state index contributed by atoms with van der Waals surface area (Å²) in [5.41, 5.74) is 1.04. The molecule has 96 valence electrons. The third kappa shape index (κ3) is 3.60. The highest BCUT2D eigenvalue weighted by Crippen LogP contribution is 2.29. The Hall–Kier alpha value is -0.260. The summed E-state index contributed by atoms with van der Waals surface area (Å²) in [4.78, 5) is 7.68. The predicted molar refractivity (Wildman–Crippen MR) is 75.9 cm³/mol. The molecule has 0 aliphatic rings. The van der Waals surface area contributed by atoms with Crippen LogP contribution in [0.1, 0.15) is 52.2 Å². The van der Waals surface area contributed by atoms with Crippen molar-refractivity contribution >= 4 is 28.1 Å². The number of nitrogens with zero attached hydrogens (tertiary/aromatic N) is 1. The lowest BCUT2D eigenvalue weighted by atomic mass is 9.92. The molecule has 0 aliphatic carbocycles. The van der Waals surface area contributed by atoms with Gasteiger partial charge in [0.25, 0.3) is 0 Å². The molecular weight excluding hydrogens is 300 g/mol. The van der Waals surface area contributed by atoms with E-state index >= 15 is 0 Å². The monoisotopic (exact) mass is 318 g/mol. The first-order valence-electron chi connectivity index (χ1n) is 5.69. The molecule has 0 aliphatic heterocycles. The van der Waals surface area contributed by atoms with Gasteiger partial charge in [0.2, 0.25) is 0 Å². The Balaban J connectivity index is 3.29. The van der Waals surface area contributed by atoms with E-state index in [2.05, 4.69) is 46.7 Å². The van der Waals surface area contributed by atoms with E-state index in [0.29, 0.717) is 11.2 Å². The lowest BCUT2D eigenvalue weighted by molar-refractivity contribution is 0.0696. The topological polar surface area (TPSA) is 37.9 Å². The summed E-state index contributed by atoms with van der Waals surface area (Å²) in [6, 6.07) is 0. The number of halogens is 1. The van der Waals surface area contributed by atoms with Crippen molar-refractivity contribution in [3.05, 3.63) is 20.6 Å². The molecular formula is C12H19BrN2OS. The summed E-state index contributed by atoms with van der Waals surface area (Å²) in [5, 5.41) is 0. The molecule has 1 rings (SSSR count). The van der Waals surface area contributed by atoms with Crippen LogP contribution >= 0.6 is 28.1 Å². The highest BCUT2D eigenvalue weighted by Gasteiger charge is 2.21. The largest absolute Gasteiger partial charge is 0.371 e. The van der Waals surface area contributed by atoms with E-state index in [0.717, 1.165) is 16.0 Å². The Labute approximate surface area is 116 Å². The molecule has 0 fully saturated rings. The van der Waals surface area contributed by atoms with Gasteiger partial charge in [-0.1, -0.05) is 33.0 Å². The number of H-pyrrole nitrogens is 1. The zero-order chi connectivity index (χ0) is 13.2. The number of hydrogen-bond donors (Lipinski definition) is 1. The van der Waals surface area contributed by atoms with Crippen molar-refractivity contribution in [2.45, 2.75) is 46.1 Å². The molecule has 0 saturated heterocycles. The van der Waals surface area contributed by atoms with Crippen LogP contribution in [0.15, 0.2) is 4.47 Å². The van der Waals surface area contributed by atoms with Gasteiger partial charge < -0.3 is 9.72 Å². The molecule has 1 atom stereocenters. The minimum absolute atomic E-state index is 0.0178. The molecule has 0 amide bonds. The summed E-state index contributed by atoms with van der Waals surface area (Å²) in [5.74, 6) is 0.782. The molecule has 3 nitrogen and oxygen atoms in total. The van der Waals surface area contributed by atoms with Gasteiger partial charge in [-0.05, 0) is 29.8 Å². The summed E-state index contributed by atoms with van der Waals surface area (Å²) >= 11 is 8.77. The fourth-order valence-corrected chi connectivity index (χ4v) is 2.50. The molecule has 0 radical (unpaired) electrons. The first kappa shape index (κ1) is 14.8. The smallest absolute Gasteiger partial charge is 0.144 e. The lowest BCUT2D eigenvalue weighted by Gasteiger charge is -2.22. The summed E-state index contributed by atoms with van der Waals surface area (Å²) < 4.78 is 6.98. The van der Waals surface area contributed by atoms with E-state index in [1.54, 1.807) is 0 Å². The number of rotatable bonds is 3. The van der Waals surface area contributed by atoms with Gasteiger partial charge in [-0.2, -0.15) is 0 Å². The fourth-order valence-electron chi connectivity index (χ4n) is 1.51. The molecule has 0 aromatic carbocycles. The van der Waals surface area contributed by atoms with Gasteiger partial charge in [0.05, 0.1) is 4.47 Å². The van der Waals surface area contributed by atoms with Gasteiger partial charge >= 0.3 is 0 Å². The first-order valence-corrected chi connectivity index (χ1v) is 6.89. The van der Waals surface area contributed by atoms with Crippen LogP contribution in [0.25, 0.3) is 0 Å². The Bertz CT molecular complexity index is 451. The zero-order valence-electron chi connectivity index (χ0n) is 10.9. The molecule has 5 heteroatoms. The van der Waals surface area contributed by atoms with Crippen molar-refractivity contribution in [1.29, 1.82) is 0 Å².